The Morgan fingerprint density at radius 2 is 1.84 bits per heavy atom. The van der Waals surface area contributed by atoms with Gasteiger partial charge in [0.2, 0.25) is 5.95 Å². The van der Waals surface area contributed by atoms with Crippen LogP contribution >= 0.6 is 15.6 Å². The Bertz CT molecular complexity index is 1320. The monoisotopic (exact) mass is 583 g/mol. The summed E-state index contributed by atoms with van der Waals surface area (Å²) in [5.74, 6) is -0.497. The van der Waals surface area contributed by atoms with Crippen LogP contribution in [0.15, 0.2) is 11.4 Å². The number of nitrogens with one attached hydrogen (secondary N) is 1. The van der Waals surface area contributed by atoms with E-state index in [9.17, 15) is 39.3 Å². The minimum absolute atomic E-state index is 0.00584. The van der Waals surface area contributed by atoms with Crippen LogP contribution in [0.5, 0.6) is 0 Å². The molecule has 4 heterocycles. The number of phosphoric acid groups is 2. The standard InChI is InChI=1S/C15H23N9O12P2/c16-12-8-13(21-15(20-12)22-23-17)24(4-19-8)14-11(28)10(27)7(35-14)3-34-38(31,32)36-37(29,30)33-2-5-9(26)6(25)1-18-5/h4-7,9-11,14,18,25-28H,1-3H2,(H,29,30)(H,31,32)(H2,16,20,21)/t5-,6+,7-,9-,10-,11-,14-/m1/s1. The fourth-order valence-corrected chi connectivity index (χ4v) is 5.86. The van der Waals surface area contributed by atoms with E-state index in [0.717, 1.165) is 10.9 Å². The quantitative estimate of drug-likeness (QED) is 0.0643. The zero-order chi connectivity index (χ0) is 27.8. The molecule has 2 aromatic heterocycles. The second kappa shape index (κ2) is 11.0. The predicted molar refractivity (Wildman–Crippen MR) is 121 cm³/mol. The van der Waals surface area contributed by atoms with Gasteiger partial charge in [0, 0.05) is 11.5 Å². The average molecular weight is 583 g/mol. The number of azide groups is 1. The fraction of sp³-hybridized carbons (Fsp3) is 0.667. The van der Waals surface area contributed by atoms with Crippen LogP contribution in [0.25, 0.3) is 21.6 Å². The first kappa shape index (κ1) is 28.7. The van der Waals surface area contributed by atoms with Crippen molar-refractivity contribution in [3.8, 4) is 0 Å². The molecule has 2 unspecified atom stereocenters. The molecule has 23 heteroatoms. The highest BCUT2D eigenvalue weighted by atomic mass is 31.3. The first-order chi connectivity index (χ1) is 17.8. The average Bonchev–Trinajstić information content (AvgIpc) is 3.48. The largest absolute Gasteiger partial charge is 0.481 e. The lowest BCUT2D eigenvalue weighted by Gasteiger charge is -2.21. The summed E-state index contributed by atoms with van der Waals surface area (Å²) in [4.78, 5) is 33.9. The van der Waals surface area contributed by atoms with Gasteiger partial charge in [-0.05, 0) is 10.6 Å². The number of rotatable bonds is 10. The zero-order valence-corrected chi connectivity index (χ0v) is 20.8. The van der Waals surface area contributed by atoms with Gasteiger partial charge in [-0.1, -0.05) is 0 Å². The fourth-order valence-electron chi connectivity index (χ4n) is 3.75. The number of fused-ring (bicyclic) bond motifs is 1. The minimum atomic E-state index is -5.29. The molecule has 38 heavy (non-hydrogen) atoms. The van der Waals surface area contributed by atoms with Crippen molar-refractivity contribution in [1.29, 1.82) is 0 Å². The number of aliphatic hydroxyl groups is 4. The lowest BCUT2D eigenvalue weighted by Crippen LogP contribution is -2.36. The van der Waals surface area contributed by atoms with Gasteiger partial charge in [0.05, 0.1) is 37.8 Å². The Morgan fingerprint density at radius 1 is 1.16 bits per heavy atom. The van der Waals surface area contributed by atoms with E-state index in [1.807, 2.05) is 0 Å². The summed E-state index contributed by atoms with van der Waals surface area (Å²) in [5, 5.41) is 45.9. The topological polar surface area (TPSA) is 323 Å². The first-order valence-corrected chi connectivity index (χ1v) is 13.6. The van der Waals surface area contributed by atoms with Crippen molar-refractivity contribution in [1.82, 2.24) is 24.8 Å². The van der Waals surface area contributed by atoms with Gasteiger partial charge in [-0.15, -0.1) is 0 Å². The maximum absolute atomic E-state index is 12.2. The van der Waals surface area contributed by atoms with Crippen LogP contribution in [-0.4, -0.2) is 106 Å². The Balaban J connectivity index is 1.39. The van der Waals surface area contributed by atoms with Gasteiger partial charge in [0.15, 0.2) is 17.7 Å². The van der Waals surface area contributed by atoms with E-state index in [1.165, 1.54) is 0 Å². The van der Waals surface area contributed by atoms with E-state index < -0.39 is 71.6 Å². The van der Waals surface area contributed by atoms with E-state index in [2.05, 4.69) is 43.7 Å². The number of β-amino-alcohol motifs (C(OH)–C–C–N with tert-alkyl or cyclic N) is 1. The van der Waals surface area contributed by atoms with Gasteiger partial charge in [-0.25, -0.2) is 24.1 Å². The Kier molecular flexibility index (Phi) is 8.34. The molecule has 4 rings (SSSR count). The molecule has 2 aliphatic rings. The van der Waals surface area contributed by atoms with Crippen LogP contribution in [0.2, 0.25) is 0 Å². The molecule has 2 aliphatic heterocycles. The highest BCUT2D eigenvalue weighted by Gasteiger charge is 2.46. The highest BCUT2D eigenvalue weighted by Crippen LogP contribution is 2.60. The van der Waals surface area contributed by atoms with Crippen molar-refractivity contribution >= 4 is 38.6 Å². The van der Waals surface area contributed by atoms with E-state index in [1.54, 1.807) is 0 Å². The third-order valence-electron chi connectivity index (χ3n) is 5.60. The summed E-state index contributed by atoms with van der Waals surface area (Å²) < 4.78 is 44.4. The molecule has 0 saturated carbocycles. The number of ether oxygens (including phenoxy) is 1. The highest BCUT2D eigenvalue weighted by molar-refractivity contribution is 7.61. The number of nitrogen functional groups attached to an aromatic ring is 1. The van der Waals surface area contributed by atoms with E-state index in [-0.39, 0.29) is 29.5 Å². The number of imidazole rings is 1. The van der Waals surface area contributed by atoms with Gasteiger partial charge in [0.25, 0.3) is 0 Å². The molecule has 0 radical (unpaired) electrons. The lowest BCUT2D eigenvalue weighted by atomic mass is 10.1. The molecule has 210 valence electrons. The molecule has 0 bridgehead atoms. The lowest BCUT2D eigenvalue weighted by molar-refractivity contribution is -0.0504. The third kappa shape index (κ3) is 6.12. The van der Waals surface area contributed by atoms with Crippen LogP contribution in [0.4, 0.5) is 11.8 Å². The molecule has 2 aromatic rings. The van der Waals surface area contributed by atoms with Gasteiger partial charge >= 0.3 is 15.6 Å². The number of aliphatic hydroxyl groups excluding tert-OH is 4. The van der Waals surface area contributed by atoms with E-state index in [4.69, 9.17) is 16.0 Å². The van der Waals surface area contributed by atoms with Gasteiger partial charge in [0.1, 0.15) is 23.8 Å². The smallest absolute Gasteiger partial charge is 0.389 e. The molecular formula is C15H23N9O12P2. The number of anilines is 1. The van der Waals surface area contributed by atoms with Crippen LogP contribution in [0.3, 0.4) is 0 Å². The van der Waals surface area contributed by atoms with Gasteiger partial charge in [-0.3, -0.25) is 13.6 Å². The van der Waals surface area contributed by atoms with Gasteiger partial charge in [-0.2, -0.15) is 4.31 Å². The molecule has 0 aliphatic carbocycles. The van der Waals surface area contributed by atoms with Crippen molar-refractivity contribution in [2.45, 2.75) is 42.8 Å². The first-order valence-electron chi connectivity index (χ1n) is 10.6. The zero-order valence-electron chi connectivity index (χ0n) is 19.0. The number of nitrogens with zero attached hydrogens (tertiary/aromatic N) is 7. The van der Waals surface area contributed by atoms with Crippen LogP contribution in [0.1, 0.15) is 6.23 Å². The van der Waals surface area contributed by atoms with Gasteiger partial charge < -0.3 is 46.0 Å². The second-order valence-electron chi connectivity index (χ2n) is 8.15. The predicted octanol–water partition coefficient (Wildman–Crippen LogP) is -2.09. The normalized spacial score (nSPS) is 32.6. The number of phosphoric ester groups is 2. The van der Waals surface area contributed by atoms with Crippen LogP contribution in [0, 0.1) is 0 Å². The van der Waals surface area contributed by atoms with Crippen LogP contribution in [-0.2, 0) is 27.2 Å². The summed E-state index contributed by atoms with van der Waals surface area (Å²) in [5.41, 5.74) is 14.4. The molecular weight excluding hydrogens is 560 g/mol. The molecule has 0 amide bonds. The maximum Gasteiger partial charge on any atom is 0.481 e. The second-order valence-corrected chi connectivity index (χ2v) is 11.2. The summed E-state index contributed by atoms with van der Waals surface area (Å²) in [6, 6.07) is -0.948. The van der Waals surface area contributed by atoms with Crippen molar-refractivity contribution in [3.63, 3.8) is 0 Å². The van der Waals surface area contributed by atoms with Crippen molar-refractivity contribution in [3.05, 3.63) is 16.8 Å². The molecule has 2 fully saturated rings. The summed E-state index contributed by atoms with van der Waals surface area (Å²) in [6.45, 7) is -1.56. The van der Waals surface area contributed by atoms with Crippen LogP contribution < -0.4 is 11.1 Å². The van der Waals surface area contributed by atoms with E-state index >= 15 is 0 Å². The Labute approximate surface area is 211 Å². The number of aromatic nitrogens is 4. The molecule has 21 nitrogen and oxygen atoms in total. The van der Waals surface area contributed by atoms with E-state index in [0.29, 0.717) is 0 Å². The molecule has 9 atom stereocenters. The SMILES string of the molecule is [N-]=[N+]=Nc1nc(N)c2ncn([C@@H]3O[C@H](COP(=O)(O)OP(=O)(O)OC[C@H]4NC[C@H](O)[C@@H]4O)[C@@H](O)[C@H]3O)c2n1. The Hall–Kier alpha value is -2.32. The summed E-state index contributed by atoms with van der Waals surface area (Å²) in [6.07, 6.45) is -7.46. The Morgan fingerprint density at radius 3 is 2.47 bits per heavy atom. The van der Waals surface area contributed by atoms with Crippen molar-refractivity contribution in [2.75, 3.05) is 25.5 Å². The number of hydrogen-bond donors (Lipinski definition) is 8. The summed E-state index contributed by atoms with van der Waals surface area (Å²) >= 11 is 0. The van der Waals surface area contributed by atoms with Crippen molar-refractivity contribution < 1.29 is 57.4 Å². The maximum atomic E-state index is 12.2. The molecule has 2 saturated heterocycles. The molecule has 0 aromatic carbocycles. The molecule has 9 N–H and O–H groups in total. The molecule has 0 spiro atoms. The number of hydrogen-bond acceptors (Lipinski definition) is 16. The third-order valence-corrected chi connectivity index (χ3v) is 8.20. The summed E-state index contributed by atoms with van der Waals surface area (Å²) in [7, 11) is -10.5. The van der Waals surface area contributed by atoms with Crippen molar-refractivity contribution in [2.24, 2.45) is 5.11 Å². The number of nitrogens with two attached hydrogens (primary N) is 1. The minimum Gasteiger partial charge on any atom is -0.389 e.